The van der Waals surface area contributed by atoms with Crippen LogP contribution in [0.2, 0.25) is 0 Å². The summed E-state index contributed by atoms with van der Waals surface area (Å²) >= 11 is 0. The highest BCUT2D eigenvalue weighted by Crippen LogP contribution is 2.15. The monoisotopic (exact) mass is 266 g/mol. The Kier molecular flexibility index (Phi) is 4.72. The fraction of sp³-hybridized carbons (Fsp3) is 0.167. The maximum Gasteiger partial charge on any atom is 0.227 e. The van der Waals surface area contributed by atoms with Gasteiger partial charge in [0.1, 0.15) is 0 Å². The zero-order chi connectivity index (χ0) is 14.4. The fourth-order valence-electron chi connectivity index (χ4n) is 1.84. The van der Waals surface area contributed by atoms with Gasteiger partial charge in [-0.05, 0) is 25.5 Å². The average molecular weight is 266 g/mol. The third kappa shape index (κ3) is 3.82. The second-order valence-electron chi connectivity index (χ2n) is 4.78. The van der Waals surface area contributed by atoms with Crippen LogP contribution in [0.5, 0.6) is 0 Å². The minimum Gasteiger partial charge on any atom is -0.487 e. The molecule has 0 radical (unpaired) electrons. The number of benzene rings is 2. The van der Waals surface area contributed by atoms with Crippen LogP contribution in [0.1, 0.15) is 29.8 Å². The van der Waals surface area contributed by atoms with Crippen molar-refractivity contribution in [3.8, 4) is 0 Å². The molecule has 0 aliphatic rings. The summed E-state index contributed by atoms with van der Waals surface area (Å²) in [6.07, 6.45) is 1.74. The quantitative estimate of drug-likeness (QED) is 0.457. The second-order valence-corrected chi connectivity index (χ2v) is 4.78. The van der Waals surface area contributed by atoms with Crippen LogP contribution in [-0.4, -0.2) is 11.9 Å². The highest BCUT2D eigenvalue weighted by molar-refractivity contribution is 6.09. The molecule has 2 rings (SSSR count). The van der Waals surface area contributed by atoms with E-state index in [1.54, 1.807) is 18.2 Å². The molecule has 0 fully saturated rings. The molecule has 2 aromatic carbocycles. The van der Waals surface area contributed by atoms with Crippen molar-refractivity contribution >= 4 is 11.9 Å². The molecule has 0 unspecified atom stereocenters. The van der Waals surface area contributed by atoms with Gasteiger partial charge in [-0.25, -0.2) is 0 Å². The lowest BCUT2D eigenvalue weighted by molar-refractivity contribution is 0.0849. The van der Waals surface area contributed by atoms with Crippen LogP contribution in [0, 0.1) is 0 Å². The Morgan fingerprint density at radius 2 is 1.50 bits per heavy atom. The number of ether oxygens (including phenoxy) is 1. The number of hydrogen-bond donors (Lipinski definition) is 0. The van der Waals surface area contributed by atoms with Gasteiger partial charge in [-0.1, -0.05) is 60.7 Å². The maximum atomic E-state index is 12.5. The Labute approximate surface area is 119 Å². The van der Waals surface area contributed by atoms with Gasteiger partial charge in [0.2, 0.25) is 5.78 Å². The maximum absolute atomic E-state index is 12.5. The molecule has 0 bridgehead atoms. The summed E-state index contributed by atoms with van der Waals surface area (Å²) in [7, 11) is 0. The van der Waals surface area contributed by atoms with Crippen molar-refractivity contribution in [2.75, 3.05) is 0 Å². The van der Waals surface area contributed by atoms with Crippen LogP contribution in [0.4, 0.5) is 0 Å². The van der Waals surface area contributed by atoms with Crippen LogP contribution in [0.15, 0.2) is 66.4 Å². The summed E-state index contributed by atoms with van der Waals surface area (Å²) < 4.78 is 5.68. The second kappa shape index (κ2) is 6.71. The van der Waals surface area contributed by atoms with Crippen LogP contribution in [0.3, 0.4) is 0 Å². The van der Waals surface area contributed by atoms with Crippen molar-refractivity contribution in [2.45, 2.75) is 20.0 Å². The Balaban J connectivity index is 2.33. The van der Waals surface area contributed by atoms with Crippen molar-refractivity contribution in [2.24, 2.45) is 0 Å². The zero-order valence-electron chi connectivity index (χ0n) is 11.7. The van der Waals surface area contributed by atoms with Crippen LogP contribution in [-0.2, 0) is 4.74 Å². The number of rotatable bonds is 5. The van der Waals surface area contributed by atoms with Crippen molar-refractivity contribution in [1.82, 2.24) is 0 Å². The predicted octanol–water partition coefficient (Wildman–Crippen LogP) is 4.34. The molecule has 0 aliphatic carbocycles. The third-order valence-corrected chi connectivity index (χ3v) is 2.72. The first-order valence-electron chi connectivity index (χ1n) is 6.70. The number of ketones is 1. The third-order valence-electron chi connectivity index (χ3n) is 2.72. The van der Waals surface area contributed by atoms with Crippen molar-refractivity contribution in [1.29, 1.82) is 0 Å². The highest BCUT2D eigenvalue weighted by atomic mass is 16.5. The highest BCUT2D eigenvalue weighted by Gasteiger charge is 2.14. The normalized spacial score (nSPS) is 11.4. The van der Waals surface area contributed by atoms with Crippen molar-refractivity contribution in [3.63, 3.8) is 0 Å². The van der Waals surface area contributed by atoms with Crippen LogP contribution >= 0.6 is 0 Å². The first kappa shape index (κ1) is 14.1. The van der Waals surface area contributed by atoms with E-state index < -0.39 is 0 Å². The van der Waals surface area contributed by atoms with E-state index in [9.17, 15) is 4.79 Å². The Morgan fingerprint density at radius 3 is 2.05 bits per heavy atom. The van der Waals surface area contributed by atoms with Gasteiger partial charge in [0.15, 0.2) is 5.76 Å². The lowest BCUT2D eigenvalue weighted by atomic mass is 10.1. The molecule has 2 aromatic rings. The van der Waals surface area contributed by atoms with Crippen LogP contribution in [0.25, 0.3) is 6.08 Å². The summed E-state index contributed by atoms with van der Waals surface area (Å²) in [5, 5.41) is 0. The SMILES string of the molecule is CC(C)OC(=Cc1ccccc1)C(=O)c1ccccc1. The molecule has 0 saturated heterocycles. The summed E-state index contributed by atoms with van der Waals surface area (Å²) in [6, 6.07) is 18.9. The molecule has 0 heterocycles. The van der Waals surface area contributed by atoms with E-state index in [4.69, 9.17) is 4.74 Å². The lowest BCUT2D eigenvalue weighted by Gasteiger charge is -2.13. The van der Waals surface area contributed by atoms with E-state index in [1.165, 1.54) is 0 Å². The molecule has 0 spiro atoms. The van der Waals surface area contributed by atoms with Gasteiger partial charge < -0.3 is 4.74 Å². The van der Waals surface area contributed by atoms with E-state index in [1.807, 2.05) is 62.4 Å². The molecule has 2 nitrogen and oxygen atoms in total. The Bertz CT molecular complexity index is 583. The van der Waals surface area contributed by atoms with Gasteiger partial charge in [0.25, 0.3) is 0 Å². The summed E-state index contributed by atoms with van der Waals surface area (Å²) in [4.78, 5) is 12.5. The zero-order valence-corrected chi connectivity index (χ0v) is 11.7. The van der Waals surface area contributed by atoms with E-state index in [0.717, 1.165) is 5.56 Å². The summed E-state index contributed by atoms with van der Waals surface area (Å²) in [6.45, 7) is 3.83. The molecule has 0 aliphatic heterocycles. The number of carbonyl (C=O) groups is 1. The van der Waals surface area contributed by atoms with E-state index >= 15 is 0 Å². The molecular weight excluding hydrogens is 248 g/mol. The molecule has 102 valence electrons. The van der Waals surface area contributed by atoms with Gasteiger partial charge in [-0.3, -0.25) is 4.79 Å². The van der Waals surface area contributed by atoms with Gasteiger partial charge in [0, 0.05) is 5.56 Å². The number of hydrogen-bond acceptors (Lipinski definition) is 2. The van der Waals surface area contributed by atoms with E-state index in [2.05, 4.69) is 0 Å². The smallest absolute Gasteiger partial charge is 0.227 e. The van der Waals surface area contributed by atoms with Gasteiger partial charge in [-0.15, -0.1) is 0 Å². The number of allylic oxidation sites excluding steroid dienone is 1. The van der Waals surface area contributed by atoms with Crippen molar-refractivity contribution in [3.05, 3.63) is 77.5 Å². The van der Waals surface area contributed by atoms with Gasteiger partial charge in [-0.2, -0.15) is 0 Å². The van der Waals surface area contributed by atoms with E-state index in [-0.39, 0.29) is 11.9 Å². The molecule has 2 heteroatoms. The largest absolute Gasteiger partial charge is 0.487 e. The summed E-state index contributed by atoms with van der Waals surface area (Å²) in [5.41, 5.74) is 1.59. The van der Waals surface area contributed by atoms with Crippen molar-refractivity contribution < 1.29 is 9.53 Å². The first-order valence-corrected chi connectivity index (χ1v) is 6.70. The average Bonchev–Trinajstić information content (AvgIpc) is 2.47. The predicted molar refractivity (Wildman–Crippen MR) is 81.4 cm³/mol. The molecule has 0 amide bonds. The molecule has 20 heavy (non-hydrogen) atoms. The molecule has 0 aromatic heterocycles. The van der Waals surface area contributed by atoms with E-state index in [0.29, 0.717) is 11.3 Å². The van der Waals surface area contributed by atoms with Gasteiger partial charge in [0.05, 0.1) is 6.10 Å². The number of carbonyl (C=O) groups excluding carboxylic acids is 1. The Hall–Kier alpha value is -2.35. The number of Topliss-reactive ketones (excluding diaryl/α,β-unsaturated/α-hetero) is 1. The molecular formula is C18H18O2. The van der Waals surface area contributed by atoms with Crippen LogP contribution < -0.4 is 0 Å². The summed E-state index contributed by atoms with van der Waals surface area (Å²) in [5.74, 6) is 0.278. The fourth-order valence-corrected chi connectivity index (χ4v) is 1.84. The minimum atomic E-state index is -0.0943. The minimum absolute atomic E-state index is 0.0439. The Morgan fingerprint density at radius 1 is 0.950 bits per heavy atom. The topological polar surface area (TPSA) is 26.3 Å². The lowest BCUT2D eigenvalue weighted by Crippen LogP contribution is -2.11. The molecule has 0 N–H and O–H groups in total. The van der Waals surface area contributed by atoms with Gasteiger partial charge >= 0.3 is 0 Å². The molecule has 0 atom stereocenters. The standard InChI is InChI=1S/C18H18O2/c1-14(2)20-17(13-15-9-5-3-6-10-15)18(19)16-11-7-4-8-12-16/h3-14H,1-2H3. The first-order chi connectivity index (χ1) is 9.66. The molecule has 0 saturated carbocycles.